The molecule has 1 atom stereocenters. The smallest absolute Gasteiger partial charge is 0.310 e. The van der Waals surface area contributed by atoms with E-state index in [1.807, 2.05) is 24.3 Å². The zero-order valence-electron chi connectivity index (χ0n) is 10.4. The fraction of sp³-hybridized carbons (Fsp3) is 0.250. The molecule has 1 aromatic heterocycles. The van der Waals surface area contributed by atoms with E-state index >= 15 is 0 Å². The van der Waals surface area contributed by atoms with Crippen LogP contribution in [0.1, 0.15) is 24.0 Å². The molecule has 0 amide bonds. The summed E-state index contributed by atoms with van der Waals surface area (Å²) in [6.45, 7) is 1.67. The molecule has 0 fully saturated rings. The van der Waals surface area contributed by atoms with Gasteiger partial charge in [0.1, 0.15) is 6.33 Å². The third-order valence-corrected chi connectivity index (χ3v) is 3.79. The van der Waals surface area contributed by atoms with Gasteiger partial charge in [0, 0.05) is 5.75 Å². The van der Waals surface area contributed by atoms with Crippen LogP contribution >= 0.6 is 11.8 Å². The van der Waals surface area contributed by atoms with Gasteiger partial charge < -0.3 is 10.9 Å². The predicted molar refractivity (Wildman–Crippen MR) is 72.2 cm³/mol. The van der Waals surface area contributed by atoms with Gasteiger partial charge in [0.05, 0.1) is 5.92 Å². The van der Waals surface area contributed by atoms with Crippen LogP contribution in [-0.4, -0.2) is 25.9 Å². The molecule has 0 saturated heterocycles. The molecule has 2 aromatic rings. The molecule has 3 N–H and O–H groups in total. The predicted octanol–water partition coefficient (Wildman–Crippen LogP) is 1.47. The highest BCUT2D eigenvalue weighted by Gasteiger charge is 2.13. The van der Waals surface area contributed by atoms with E-state index in [0.717, 1.165) is 11.1 Å². The highest BCUT2D eigenvalue weighted by molar-refractivity contribution is 7.98. The second-order valence-electron chi connectivity index (χ2n) is 4.11. The normalized spacial score (nSPS) is 12.3. The summed E-state index contributed by atoms with van der Waals surface area (Å²) in [6, 6.07) is 7.50. The number of aromatic nitrogens is 3. The minimum absolute atomic E-state index is 0.492. The molecule has 7 heteroatoms. The third kappa shape index (κ3) is 3.25. The van der Waals surface area contributed by atoms with Crippen LogP contribution in [0.4, 0.5) is 0 Å². The lowest BCUT2D eigenvalue weighted by molar-refractivity contribution is -0.138. The minimum Gasteiger partial charge on any atom is -0.481 e. The largest absolute Gasteiger partial charge is 0.481 e. The van der Waals surface area contributed by atoms with Gasteiger partial charge in [0.15, 0.2) is 0 Å². The molecule has 100 valence electrons. The van der Waals surface area contributed by atoms with Crippen LogP contribution in [-0.2, 0) is 10.5 Å². The van der Waals surface area contributed by atoms with Crippen LogP contribution in [0, 0.1) is 0 Å². The molecule has 6 nitrogen and oxygen atoms in total. The molecule has 0 aliphatic carbocycles. The van der Waals surface area contributed by atoms with Crippen molar-refractivity contribution in [2.45, 2.75) is 23.8 Å². The summed E-state index contributed by atoms with van der Waals surface area (Å²) in [7, 11) is 0. The Kier molecular flexibility index (Phi) is 4.06. The van der Waals surface area contributed by atoms with Gasteiger partial charge in [-0.1, -0.05) is 36.0 Å². The number of hydrogen-bond acceptors (Lipinski definition) is 5. The summed E-state index contributed by atoms with van der Waals surface area (Å²) in [6.07, 6.45) is 1.44. The highest BCUT2D eigenvalue weighted by atomic mass is 32.2. The molecule has 19 heavy (non-hydrogen) atoms. The van der Waals surface area contributed by atoms with Crippen LogP contribution in [0.2, 0.25) is 0 Å². The number of rotatable bonds is 5. The summed E-state index contributed by atoms with van der Waals surface area (Å²) >= 11 is 1.48. The standard InChI is InChI=1S/C12H14N4O2S/c1-8(11(17)18)10-4-2-9(3-5-10)6-19-12-15-14-7-16(12)13/h2-5,7-8H,6,13H2,1H3,(H,17,18). The van der Waals surface area contributed by atoms with E-state index in [1.165, 1.54) is 22.8 Å². The van der Waals surface area contributed by atoms with Gasteiger partial charge in [-0.3, -0.25) is 4.79 Å². The zero-order valence-corrected chi connectivity index (χ0v) is 11.2. The maximum absolute atomic E-state index is 10.9. The van der Waals surface area contributed by atoms with Crippen molar-refractivity contribution in [3.05, 3.63) is 41.7 Å². The van der Waals surface area contributed by atoms with E-state index in [9.17, 15) is 4.79 Å². The molecule has 1 heterocycles. The van der Waals surface area contributed by atoms with E-state index in [1.54, 1.807) is 6.92 Å². The maximum Gasteiger partial charge on any atom is 0.310 e. The lowest BCUT2D eigenvalue weighted by Crippen LogP contribution is -2.08. The fourth-order valence-electron chi connectivity index (χ4n) is 1.53. The van der Waals surface area contributed by atoms with Crippen molar-refractivity contribution in [2.24, 2.45) is 0 Å². The first-order valence-corrected chi connectivity index (χ1v) is 6.66. The Bertz CT molecular complexity index is 567. The lowest BCUT2D eigenvalue weighted by atomic mass is 10.0. The number of carbonyl (C=O) groups is 1. The summed E-state index contributed by atoms with van der Waals surface area (Å²) in [4.78, 5) is 10.9. The average molecular weight is 278 g/mol. The van der Waals surface area contributed by atoms with E-state index in [-0.39, 0.29) is 0 Å². The van der Waals surface area contributed by atoms with Gasteiger partial charge in [0.25, 0.3) is 0 Å². The molecule has 0 saturated carbocycles. The molecule has 0 aliphatic rings. The number of carboxylic acids is 1. The zero-order chi connectivity index (χ0) is 13.8. The van der Waals surface area contributed by atoms with E-state index in [2.05, 4.69) is 10.2 Å². The number of benzene rings is 1. The van der Waals surface area contributed by atoms with Crippen molar-refractivity contribution in [3.8, 4) is 0 Å². The van der Waals surface area contributed by atoms with Crippen molar-refractivity contribution >= 4 is 17.7 Å². The molecule has 1 aromatic carbocycles. The van der Waals surface area contributed by atoms with Crippen molar-refractivity contribution in [1.82, 2.24) is 14.9 Å². The van der Waals surface area contributed by atoms with E-state index in [4.69, 9.17) is 10.9 Å². The molecule has 1 unspecified atom stereocenters. The molecule has 0 aliphatic heterocycles. The van der Waals surface area contributed by atoms with Gasteiger partial charge in [-0.15, -0.1) is 10.2 Å². The van der Waals surface area contributed by atoms with Crippen molar-refractivity contribution in [1.29, 1.82) is 0 Å². The number of thioether (sulfide) groups is 1. The Morgan fingerprint density at radius 3 is 2.68 bits per heavy atom. The van der Waals surface area contributed by atoms with Crippen LogP contribution < -0.4 is 5.84 Å². The second-order valence-corrected chi connectivity index (χ2v) is 5.05. The number of aliphatic carboxylic acids is 1. The van der Waals surface area contributed by atoms with Gasteiger partial charge in [0.2, 0.25) is 5.16 Å². The van der Waals surface area contributed by atoms with Gasteiger partial charge in [-0.2, -0.15) is 0 Å². The Hall–Kier alpha value is -2.02. The Morgan fingerprint density at radius 1 is 1.47 bits per heavy atom. The Balaban J connectivity index is 1.99. The lowest BCUT2D eigenvalue weighted by Gasteiger charge is -2.07. The summed E-state index contributed by atoms with van der Waals surface area (Å²) in [5.41, 5.74) is 1.87. The maximum atomic E-state index is 10.9. The SMILES string of the molecule is CC(C(=O)O)c1ccc(CSc2nncn2N)cc1. The number of nitrogens with zero attached hydrogens (tertiary/aromatic N) is 3. The van der Waals surface area contributed by atoms with Crippen LogP contribution in [0.5, 0.6) is 0 Å². The van der Waals surface area contributed by atoms with Crippen LogP contribution in [0.3, 0.4) is 0 Å². The van der Waals surface area contributed by atoms with Gasteiger partial charge in [-0.25, -0.2) is 4.68 Å². The highest BCUT2D eigenvalue weighted by Crippen LogP contribution is 2.21. The molecule has 0 bridgehead atoms. The molecule has 0 radical (unpaired) electrons. The van der Waals surface area contributed by atoms with Crippen LogP contribution in [0.15, 0.2) is 35.7 Å². The van der Waals surface area contributed by atoms with Crippen molar-refractivity contribution in [2.75, 3.05) is 5.84 Å². The van der Waals surface area contributed by atoms with Crippen molar-refractivity contribution < 1.29 is 9.90 Å². The number of nitrogens with two attached hydrogens (primary N) is 1. The quantitative estimate of drug-likeness (QED) is 0.635. The molecular weight excluding hydrogens is 264 g/mol. The topological polar surface area (TPSA) is 94.0 Å². The van der Waals surface area contributed by atoms with Crippen molar-refractivity contribution in [3.63, 3.8) is 0 Å². The monoisotopic (exact) mass is 278 g/mol. The fourth-order valence-corrected chi connectivity index (χ4v) is 2.32. The van der Waals surface area contributed by atoms with Gasteiger partial charge in [-0.05, 0) is 18.1 Å². The first-order chi connectivity index (χ1) is 9.08. The summed E-state index contributed by atoms with van der Waals surface area (Å²) in [5, 5.41) is 17.1. The third-order valence-electron chi connectivity index (χ3n) is 2.76. The molecule has 0 spiro atoms. The van der Waals surface area contributed by atoms with E-state index in [0.29, 0.717) is 10.9 Å². The molecular formula is C12H14N4O2S. The first kappa shape index (κ1) is 13.4. The summed E-state index contributed by atoms with van der Waals surface area (Å²) < 4.78 is 1.37. The minimum atomic E-state index is -0.821. The van der Waals surface area contributed by atoms with E-state index < -0.39 is 11.9 Å². The van der Waals surface area contributed by atoms with Crippen LogP contribution in [0.25, 0.3) is 0 Å². The Labute approximate surface area is 114 Å². The summed E-state index contributed by atoms with van der Waals surface area (Å²) in [5.74, 6) is 5.00. The number of hydrogen-bond donors (Lipinski definition) is 2. The first-order valence-electron chi connectivity index (χ1n) is 5.67. The number of nitrogen functional groups attached to an aromatic ring is 1. The molecule has 2 rings (SSSR count). The van der Waals surface area contributed by atoms with Gasteiger partial charge >= 0.3 is 5.97 Å². The Morgan fingerprint density at radius 2 is 2.16 bits per heavy atom. The second kappa shape index (κ2) is 5.75. The average Bonchev–Trinajstić information content (AvgIpc) is 2.81. The number of carboxylic acid groups (broad SMARTS) is 1.